The van der Waals surface area contributed by atoms with Gasteiger partial charge in [0.2, 0.25) is 0 Å². The smallest absolute Gasteiger partial charge is 0.0296 e. The maximum absolute atomic E-state index is 2.43. The van der Waals surface area contributed by atoms with Crippen LogP contribution in [0.5, 0.6) is 0 Å². The Labute approximate surface area is 88.1 Å². The highest BCUT2D eigenvalue weighted by Crippen LogP contribution is 2.54. The van der Waals surface area contributed by atoms with Crippen molar-refractivity contribution in [3.8, 4) is 0 Å². The van der Waals surface area contributed by atoms with Crippen molar-refractivity contribution in [3.05, 3.63) is 24.3 Å². The molecule has 2 aliphatic carbocycles. The third-order valence-electron chi connectivity index (χ3n) is 4.02. The van der Waals surface area contributed by atoms with Crippen molar-refractivity contribution in [3.63, 3.8) is 0 Å². The molecule has 0 nitrogen and oxygen atoms in total. The second kappa shape index (κ2) is 3.92. The van der Waals surface area contributed by atoms with Crippen LogP contribution in [-0.2, 0) is 0 Å². The highest BCUT2D eigenvalue weighted by atomic mass is 14.5. The van der Waals surface area contributed by atoms with Gasteiger partial charge < -0.3 is 0 Å². The maximum atomic E-state index is 2.43. The predicted octanol–water partition coefficient (Wildman–Crippen LogP) is 4.34. The first-order valence-electron chi connectivity index (χ1n) is 6.00. The van der Waals surface area contributed by atoms with Crippen LogP contribution in [0.4, 0.5) is 0 Å². The van der Waals surface area contributed by atoms with E-state index in [0.29, 0.717) is 5.41 Å². The first-order valence-corrected chi connectivity index (χ1v) is 6.00. The molecule has 0 aliphatic heterocycles. The number of hydrogen-bond acceptors (Lipinski definition) is 0. The number of hydrogen-bond donors (Lipinski definition) is 0. The minimum atomic E-state index is 0.599. The summed E-state index contributed by atoms with van der Waals surface area (Å²) in [4.78, 5) is 0. The molecule has 0 heteroatoms. The molecule has 0 amide bonds. The summed E-state index contributed by atoms with van der Waals surface area (Å²) in [6.07, 6.45) is 16.1. The molecule has 0 bridgehead atoms. The number of fused-ring (bicyclic) bond motifs is 1. The lowest BCUT2D eigenvalue weighted by Crippen LogP contribution is -2.43. The molecule has 0 aromatic heterocycles. The Morgan fingerprint density at radius 3 is 2.21 bits per heavy atom. The van der Waals surface area contributed by atoms with Gasteiger partial charge in [-0.2, -0.15) is 0 Å². The Balaban J connectivity index is 2.02. The highest BCUT2D eigenvalue weighted by molar-refractivity contribution is 5.03. The summed E-state index contributed by atoms with van der Waals surface area (Å²) in [5.41, 5.74) is 0.599. The Bertz CT molecular complexity index is 245. The van der Waals surface area contributed by atoms with E-state index in [1.165, 1.54) is 32.1 Å². The summed E-state index contributed by atoms with van der Waals surface area (Å²) >= 11 is 0. The van der Waals surface area contributed by atoms with Crippen LogP contribution in [0.25, 0.3) is 0 Å². The summed E-state index contributed by atoms with van der Waals surface area (Å²) in [5, 5.41) is 0. The maximum Gasteiger partial charge on any atom is -0.0296 e. The predicted molar refractivity (Wildman–Crippen MR) is 62.1 cm³/mol. The second-order valence-electron chi connectivity index (χ2n) is 5.55. The molecule has 0 heterocycles. The molecule has 2 aliphatic rings. The summed E-state index contributed by atoms with van der Waals surface area (Å²) in [7, 11) is 0. The average Bonchev–Trinajstić information content (AvgIpc) is 2.14. The van der Waals surface area contributed by atoms with Gasteiger partial charge in [0.15, 0.2) is 0 Å². The molecule has 2 atom stereocenters. The molecular weight excluding hydrogens is 168 g/mol. The van der Waals surface area contributed by atoms with E-state index in [1.807, 2.05) is 0 Å². The molecule has 0 aromatic rings. The molecule has 0 spiro atoms. The average molecular weight is 190 g/mol. The quantitative estimate of drug-likeness (QED) is 0.499. The van der Waals surface area contributed by atoms with E-state index in [1.54, 1.807) is 0 Å². The molecule has 2 unspecified atom stereocenters. The molecule has 14 heavy (non-hydrogen) atoms. The Morgan fingerprint density at radius 1 is 0.929 bits per heavy atom. The van der Waals surface area contributed by atoms with Gasteiger partial charge in [-0.15, -0.1) is 0 Å². The lowest BCUT2D eigenvalue weighted by Gasteiger charge is -2.51. The van der Waals surface area contributed by atoms with E-state index in [2.05, 4.69) is 38.2 Å². The molecular formula is C14H22. The van der Waals surface area contributed by atoms with Crippen LogP contribution < -0.4 is 0 Å². The lowest BCUT2D eigenvalue weighted by atomic mass is 9.53. The van der Waals surface area contributed by atoms with Crippen molar-refractivity contribution in [1.82, 2.24) is 0 Å². The standard InChI is InChI=1S/C14H22/c1-14(2)11-12-9-7-5-3-4-6-8-10-13(12)14/h5-8,12-13H,3-4,9-11H2,1-2H3. The van der Waals surface area contributed by atoms with Crippen molar-refractivity contribution >= 4 is 0 Å². The molecule has 1 saturated carbocycles. The Kier molecular flexibility index (Phi) is 2.80. The fourth-order valence-electron chi connectivity index (χ4n) is 3.15. The minimum absolute atomic E-state index is 0.599. The molecule has 2 rings (SSSR count). The number of rotatable bonds is 0. The third-order valence-corrected chi connectivity index (χ3v) is 4.02. The van der Waals surface area contributed by atoms with E-state index in [9.17, 15) is 0 Å². The monoisotopic (exact) mass is 190 g/mol. The largest absolute Gasteiger partial charge is 0.0882 e. The highest BCUT2D eigenvalue weighted by Gasteiger charge is 2.45. The first-order chi connectivity index (χ1) is 6.70. The van der Waals surface area contributed by atoms with Crippen molar-refractivity contribution < 1.29 is 0 Å². The van der Waals surface area contributed by atoms with Crippen LogP contribution in [0.2, 0.25) is 0 Å². The van der Waals surface area contributed by atoms with Gasteiger partial charge in [-0.25, -0.2) is 0 Å². The van der Waals surface area contributed by atoms with Gasteiger partial charge in [-0.3, -0.25) is 0 Å². The second-order valence-corrected chi connectivity index (χ2v) is 5.55. The summed E-state index contributed by atoms with van der Waals surface area (Å²) in [6, 6.07) is 0. The van der Waals surface area contributed by atoms with Crippen LogP contribution in [-0.4, -0.2) is 0 Å². The van der Waals surface area contributed by atoms with Gasteiger partial charge in [-0.1, -0.05) is 38.2 Å². The van der Waals surface area contributed by atoms with E-state index in [0.717, 1.165) is 11.8 Å². The van der Waals surface area contributed by atoms with Crippen molar-refractivity contribution in [1.29, 1.82) is 0 Å². The summed E-state index contributed by atoms with van der Waals surface area (Å²) in [6.45, 7) is 4.86. The molecule has 1 fully saturated rings. The zero-order valence-electron chi connectivity index (χ0n) is 9.50. The summed E-state index contributed by atoms with van der Waals surface area (Å²) < 4.78 is 0. The normalized spacial score (nSPS) is 35.9. The Hall–Kier alpha value is -0.520. The van der Waals surface area contributed by atoms with Crippen molar-refractivity contribution in [2.24, 2.45) is 17.3 Å². The SMILES string of the molecule is CC1(C)CC2CC=CCCC=CCC21. The zero-order chi connectivity index (χ0) is 10.0. The molecule has 0 aromatic carbocycles. The third kappa shape index (κ3) is 1.94. The van der Waals surface area contributed by atoms with Gasteiger partial charge in [0.05, 0.1) is 0 Å². The van der Waals surface area contributed by atoms with Gasteiger partial charge >= 0.3 is 0 Å². The number of allylic oxidation sites excluding steroid dienone is 4. The van der Waals surface area contributed by atoms with Crippen LogP contribution in [0.1, 0.15) is 46.0 Å². The van der Waals surface area contributed by atoms with Crippen molar-refractivity contribution in [2.75, 3.05) is 0 Å². The topological polar surface area (TPSA) is 0 Å². The zero-order valence-corrected chi connectivity index (χ0v) is 9.50. The summed E-state index contributed by atoms with van der Waals surface area (Å²) in [5.74, 6) is 1.89. The van der Waals surface area contributed by atoms with Crippen LogP contribution in [0.3, 0.4) is 0 Å². The molecule has 0 N–H and O–H groups in total. The molecule has 0 radical (unpaired) electrons. The van der Waals surface area contributed by atoms with Gasteiger partial charge in [0.1, 0.15) is 0 Å². The van der Waals surface area contributed by atoms with Gasteiger partial charge in [0.25, 0.3) is 0 Å². The Morgan fingerprint density at radius 2 is 1.57 bits per heavy atom. The van der Waals surface area contributed by atoms with Gasteiger partial charge in [0, 0.05) is 0 Å². The molecule has 0 saturated heterocycles. The van der Waals surface area contributed by atoms with E-state index in [4.69, 9.17) is 0 Å². The minimum Gasteiger partial charge on any atom is -0.0882 e. The van der Waals surface area contributed by atoms with E-state index >= 15 is 0 Å². The van der Waals surface area contributed by atoms with Crippen molar-refractivity contribution in [2.45, 2.75) is 46.0 Å². The van der Waals surface area contributed by atoms with Crippen LogP contribution in [0.15, 0.2) is 24.3 Å². The van der Waals surface area contributed by atoms with Gasteiger partial charge in [-0.05, 0) is 49.4 Å². The molecule has 78 valence electrons. The van der Waals surface area contributed by atoms with E-state index < -0.39 is 0 Å². The van der Waals surface area contributed by atoms with E-state index in [-0.39, 0.29) is 0 Å². The fourth-order valence-corrected chi connectivity index (χ4v) is 3.15. The first kappa shape index (κ1) is 10.0. The van der Waals surface area contributed by atoms with Crippen LogP contribution >= 0.6 is 0 Å². The lowest BCUT2D eigenvalue weighted by molar-refractivity contribution is -0.00718. The van der Waals surface area contributed by atoms with Crippen LogP contribution in [0, 0.1) is 17.3 Å². The fraction of sp³-hybridized carbons (Fsp3) is 0.714.